The molecule has 2 aromatic heterocycles. The Labute approximate surface area is 206 Å². The third-order valence-corrected chi connectivity index (χ3v) is 6.85. The summed E-state index contributed by atoms with van der Waals surface area (Å²) >= 11 is 0. The van der Waals surface area contributed by atoms with E-state index in [1.54, 1.807) is 6.20 Å². The van der Waals surface area contributed by atoms with Crippen molar-refractivity contribution in [3.63, 3.8) is 0 Å². The Bertz CT molecular complexity index is 1140. The smallest absolute Gasteiger partial charge is 0.227 e. The van der Waals surface area contributed by atoms with Crippen LogP contribution in [0.4, 0.5) is 17.5 Å². The number of amides is 1. The highest BCUT2D eigenvalue weighted by atomic mass is 16.1. The molecule has 5 aliphatic heterocycles. The number of carbonyl (C=O) groups excluding carboxylic acids is 1. The van der Waals surface area contributed by atoms with Crippen molar-refractivity contribution < 1.29 is 4.79 Å². The van der Waals surface area contributed by atoms with Crippen molar-refractivity contribution in [2.45, 2.75) is 32.2 Å². The minimum atomic E-state index is 0.175. The second-order valence-corrected chi connectivity index (χ2v) is 9.54. The van der Waals surface area contributed by atoms with Crippen LogP contribution in [0.2, 0.25) is 0 Å². The number of piperidine rings is 1. The fourth-order valence-corrected chi connectivity index (χ4v) is 4.82. The van der Waals surface area contributed by atoms with Gasteiger partial charge in [0, 0.05) is 56.7 Å². The van der Waals surface area contributed by atoms with Crippen LogP contribution in [-0.4, -0.2) is 59.0 Å². The molecule has 0 aliphatic carbocycles. The molecule has 5 aliphatic rings. The van der Waals surface area contributed by atoms with E-state index in [-0.39, 0.29) is 5.91 Å². The average molecular weight is 472 g/mol. The third-order valence-electron chi connectivity index (χ3n) is 6.85. The highest BCUT2D eigenvalue weighted by Gasteiger charge is 2.21. The van der Waals surface area contributed by atoms with Crippen molar-refractivity contribution in [1.82, 2.24) is 25.2 Å². The van der Waals surface area contributed by atoms with E-state index in [4.69, 9.17) is 4.98 Å². The molecule has 7 heterocycles. The van der Waals surface area contributed by atoms with E-state index in [0.717, 1.165) is 68.2 Å². The number of hydrogen-bond donors (Lipinski definition) is 2. The first-order valence-corrected chi connectivity index (χ1v) is 12.5. The van der Waals surface area contributed by atoms with E-state index in [1.807, 2.05) is 37.5 Å². The minimum Gasteiger partial charge on any atom is -0.360 e. The zero-order valence-corrected chi connectivity index (χ0v) is 20.3. The van der Waals surface area contributed by atoms with Gasteiger partial charge in [-0.15, -0.1) is 0 Å². The molecule has 8 bridgehead atoms. The number of carbonyl (C=O) groups is 1. The van der Waals surface area contributed by atoms with Crippen LogP contribution in [0.1, 0.15) is 31.2 Å². The molecular formula is C27H33N7O. The largest absolute Gasteiger partial charge is 0.360 e. The molecule has 182 valence electrons. The van der Waals surface area contributed by atoms with Gasteiger partial charge in [0.1, 0.15) is 5.82 Å². The van der Waals surface area contributed by atoms with Crippen LogP contribution in [-0.2, 0) is 11.3 Å². The number of benzene rings is 1. The Morgan fingerprint density at radius 1 is 1.03 bits per heavy atom. The fraction of sp³-hybridized carbons (Fsp3) is 0.407. The summed E-state index contributed by atoms with van der Waals surface area (Å²) < 4.78 is 0. The van der Waals surface area contributed by atoms with Gasteiger partial charge in [-0.25, -0.2) is 15.0 Å². The van der Waals surface area contributed by atoms with Gasteiger partial charge in [0.2, 0.25) is 11.9 Å². The van der Waals surface area contributed by atoms with E-state index in [1.165, 1.54) is 5.56 Å². The van der Waals surface area contributed by atoms with Gasteiger partial charge < -0.3 is 15.5 Å². The SMILES string of the molecule is CN1CCCNC(=O)CC2CCN(CC2)Cc2cccc(c2)Nc2nccc(n2)-c2ccc1nc2. The molecule has 1 aromatic carbocycles. The molecular weight excluding hydrogens is 438 g/mol. The molecule has 0 saturated carbocycles. The number of rotatable bonds is 0. The average Bonchev–Trinajstić information content (AvgIpc) is 2.88. The zero-order chi connectivity index (χ0) is 24.0. The maximum atomic E-state index is 12.5. The zero-order valence-electron chi connectivity index (χ0n) is 20.3. The van der Waals surface area contributed by atoms with Crippen molar-refractivity contribution in [2.75, 3.05) is 43.4 Å². The Hall–Kier alpha value is -3.52. The molecule has 1 fully saturated rings. The lowest BCUT2D eigenvalue weighted by Crippen LogP contribution is -2.36. The van der Waals surface area contributed by atoms with Gasteiger partial charge >= 0.3 is 0 Å². The van der Waals surface area contributed by atoms with E-state index in [0.29, 0.717) is 24.8 Å². The number of hydrogen-bond acceptors (Lipinski definition) is 7. The summed E-state index contributed by atoms with van der Waals surface area (Å²) in [5.74, 6) is 2.11. The summed E-state index contributed by atoms with van der Waals surface area (Å²) in [5, 5.41) is 6.47. The van der Waals surface area contributed by atoms with Crippen LogP contribution < -0.4 is 15.5 Å². The number of aromatic nitrogens is 3. The van der Waals surface area contributed by atoms with E-state index < -0.39 is 0 Å². The summed E-state index contributed by atoms with van der Waals surface area (Å²) in [6, 6.07) is 14.4. The molecule has 8 rings (SSSR count). The Balaban J connectivity index is 1.37. The van der Waals surface area contributed by atoms with Crippen LogP contribution >= 0.6 is 0 Å². The van der Waals surface area contributed by atoms with Crippen molar-refractivity contribution in [3.8, 4) is 11.3 Å². The van der Waals surface area contributed by atoms with Gasteiger partial charge in [0.15, 0.2) is 0 Å². The van der Waals surface area contributed by atoms with Crippen LogP contribution in [0, 0.1) is 5.92 Å². The van der Waals surface area contributed by atoms with Crippen molar-refractivity contribution in [2.24, 2.45) is 5.92 Å². The molecule has 8 heteroatoms. The van der Waals surface area contributed by atoms with E-state index in [2.05, 4.69) is 48.6 Å². The molecule has 1 amide bonds. The Morgan fingerprint density at radius 2 is 1.91 bits per heavy atom. The molecule has 8 nitrogen and oxygen atoms in total. The van der Waals surface area contributed by atoms with E-state index >= 15 is 0 Å². The van der Waals surface area contributed by atoms with Crippen molar-refractivity contribution >= 4 is 23.4 Å². The minimum absolute atomic E-state index is 0.175. The lowest BCUT2D eigenvalue weighted by molar-refractivity contribution is -0.122. The number of pyridine rings is 1. The molecule has 0 spiro atoms. The second-order valence-electron chi connectivity index (χ2n) is 9.54. The van der Waals surface area contributed by atoms with Crippen LogP contribution in [0.25, 0.3) is 11.3 Å². The monoisotopic (exact) mass is 471 g/mol. The van der Waals surface area contributed by atoms with Crippen molar-refractivity contribution in [3.05, 3.63) is 60.4 Å². The first-order valence-electron chi connectivity index (χ1n) is 12.5. The Morgan fingerprint density at radius 3 is 2.74 bits per heavy atom. The van der Waals surface area contributed by atoms with Gasteiger partial charge in [0.05, 0.1) is 5.69 Å². The summed E-state index contributed by atoms with van der Waals surface area (Å²) in [6.45, 7) is 4.46. The topological polar surface area (TPSA) is 86.3 Å². The number of nitrogens with zero attached hydrogens (tertiary/aromatic N) is 5. The summed E-state index contributed by atoms with van der Waals surface area (Å²) in [4.78, 5) is 30.8. The van der Waals surface area contributed by atoms with Gasteiger partial charge in [-0.2, -0.15) is 0 Å². The number of nitrogens with one attached hydrogen (secondary N) is 2. The quantitative estimate of drug-likeness (QED) is 0.515. The summed E-state index contributed by atoms with van der Waals surface area (Å²) in [7, 11) is 2.03. The molecule has 2 N–H and O–H groups in total. The van der Waals surface area contributed by atoms with Gasteiger partial charge in [-0.3, -0.25) is 9.69 Å². The molecule has 35 heavy (non-hydrogen) atoms. The summed E-state index contributed by atoms with van der Waals surface area (Å²) in [5.41, 5.74) is 3.99. The molecule has 0 atom stereocenters. The maximum absolute atomic E-state index is 12.5. The highest BCUT2D eigenvalue weighted by Crippen LogP contribution is 2.24. The maximum Gasteiger partial charge on any atom is 0.227 e. The fourth-order valence-electron chi connectivity index (χ4n) is 4.82. The molecule has 3 aromatic rings. The van der Waals surface area contributed by atoms with Gasteiger partial charge in [-0.05, 0) is 74.2 Å². The predicted octanol–water partition coefficient (Wildman–Crippen LogP) is 3.84. The standard InChI is InChI=1S/C27H33N7O/c1-33-13-3-11-28-26(35)17-20-9-14-34(15-10-20)19-21-4-2-5-23(16-21)31-27-29-12-8-24(32-27)22-6-7-25(33)30-18-22/h2,4-8,12,16,18,20H,3,9-11,13-15,17,19H2,1H3,(H,28,35)(H,29,31,32). The molecule has 0 radical (unpaired) electrons. The summed E-state index contributed by atoms with van der Waals surface area (Å²) in [6.07, 6.45) is 7.26. The van der Waals surface area contributed by atoms with Gasteiger partial charge in [0.25, 0.3) is 0 Å². The lowest BCUT2D eigenvalue weighted by Gasteiger charge is -2.31. The van der Waals surface area contributed by atoms with Crippen LogP contribution in [0.5, 0.6) is 0 Å². The molecule has 1 saturated heterocycles. The molecule has 0 unspecified atom stereocenters. The predicted molar refractivity (Wildman–Crippen MR) is 139 cm³/mol. The van der Waals surface area contributed by atoms with E-state index in [9.17, 15) is 4.79 Å². The normalized spacial score (nSPS) is 21.3. The second kappa shape index (κ2) is 10.8. The van der Waals surface area contributed by atoms with Gasteiger partial charge in [-0.1, -0.05) is 12.1 Å². The number of anilines is 3. The third kappa shape index (κ3) is 6.14. The first kappa shape index (κ1) is 23.2. The highest BCUT2D eigenvalue weighted by molar-refractivity contribution is 5.76. The van der Waals surface area contributed by atoms with Crippen LogP contribution in [0.3, 0.4) is 0 Å². The van der Waals surface area contributed by atoms with Crippen LogP contribution in [0.15, 0.2) is 54.9 Å². The Kier molecular flexibility index (Phi) is 7.18. The first-order chi connectivity index (χ1) is 17.1. The van der Waals surface area contributed by atoms with Crippen molar-refractivity contribution in [1.29, 1.82) is 0 Å². The lowest BCUT2D eigenvalue weighted by atomic mass is 9.93.